The highest BCUT2D eigenvalue weighted by atomic mass is 16.5. The van der Waals surface area contributed by atoms with Gasteiger partial charge < -0.3 is 9.84 Å². The van der Waals surface area contributed by atoms with E-state index in [4.69, 9.17) is 9.72 Å². The fourth-order valence-electron chi connectivity index (χ4n) is 3.77. The van der Waals surface area contributed by atoms with Gasteiger partial charge in [0.05, 0.1) is 17.0 Å². The first-order valence-corrected chi connectivity index (χ1v) is 10.3. The summed E-state index contributed by atoms with van der Waals surface area (Å²) in [6, 6.07) is 27.5. The van der Waals surface area contributed by atoms with Gasteiger partial charge in [0, 0.05) is 22.1 Å². The average Bonchev–Trinajstić information content (AvgIpc) is 2.77. The van der Waals surface area contributed by atoms with Crippen LogP contribution in [-0.2, 0) is 9.53 Å². The summed E-state index contributed by atoms with van der Waals surface area (Å²) in [5.41, 5.74) is 3.20. The van der Waals surface area contributed by atoms with Crippen molar-refractivity contribution in [1.29, 1.82) is 0 Å². The summed E-state index contributed by atoms with van der Waals surface area (Å²) in [7, 11) is 0. The quantitative estimate of drug-likeness (QED) is 0.407. The van der Waals surface area contributed by atoms with Gasteiger partial charge in [-0.3, -0.25) is 0 Å². The maximum Gasteiger partial charge on any atom is 0.337 e. The van der Waals surface area contributed by atoms with Gasteiger partial charge in [-0.1, -0.05) is 84.9 Å². The summed E-state index contributed by atoms with van der Waals surface area (Å²) in [5.74, 6) is -1.04. The summed E-state index contributed by atoms with van der Waals surface area (Å²) < 4.78 is 6.06. The third-order valence-electron chi connectivity index (χ3n) is 5.00. The van der Waals surface area contributed by atoms with Gasteiger partial charge in [0.1, 0.15) is 0 Å². The molecule has 1 heterocycles. The van der Waals surface area contributed by atoms with Crippen LogP contribution in [0.4, 0.5) is 0 Å². The molecule has 4 rings (SSSR count). The molecule has 1 aromatic heterocycles. The van der Waals surface area contributed by atoms with Crippen LogP contribution < -0.4 is 0 Å². The molecule has 1 N–H and O–H groups in total. The molecule has 0 fully saturated rings. The molecule has 4 nitrogen and oxygen atoms in total. The van der Waals surface area contributed by atoms with E-state index in [0.29, 0.717) is 11.3 Å². The van der Waals surface area contributed by atoms with Crippen molar-refractivity contribution in [3.05, 3.63) is 90.5 Å². The number of nitrogens with zero attached hydrogens (tertiary/aromatic N) is 1. The number of hydrogen-bond acceptors (Lipinski definition) is 3. The van der Waals surface area contributed by atoms with Crippen molar-refractivity contribution in [3.63, 3.8) is 0 Å². The Morgan fingerprint density at radius 1 is 0.774 bits per heavy atom. The number of aromatic nitrogens is 1. The van der Waals surface area contributed by atoms with E-state index in [0.717, 1.165) is 27.6 Å². The van der Waals surface area contributed by atoms with Crippen LogP contribution in [0.2, 0.25) is 0 Å². The van der Waals surface area contributed by atoms with Crippen molar-refractivity contribution in [2.24, 2.45) is 0 Å². The number of fused-ring (bicyclic) bond motifs is 1. The zero-order chi connectivity index (χ0) is 22.0. The largest absolute Gasteiger partial charge is 0.479 e. The molecule has 31 heavy (non-hydrogen) atoms. The smallest absolute Gasteiger partial charge is 0.337 e. The maximum absolute atomic E-state index is 12.4. The number of pyridine rings is 1. The van der Waals surface area contributed by atoms with Crippen molar-refractivity contribution in [3.8, 4) is 22.5 Å². The lowest BCUT2D eigenvalue weighted by Crippen LogP contribution is -2.28. The zero-order valence-corrected chi connectivity index (χ0v) is 17.9. The normalized spacial score (nSPS) is 12.6. The summed E-state index contributed by atoms with van der Waals surface area (Å²) >= 11 is 0. The van der Waals surface area contributed by atoms with E-state index in [2.05, 4.69) is 0 Å². The van der Waals surface area contributed by atoms with Crippen molar-refractivity contribution < 1.29 is 14.6 Å². The van der Waals surface area contributed by atoms with Gasteiger partial charge in [-0.25, -0.2) is 9.78 Å². The standard InChI is InChI=1S/C27H25NO3/c1-27(2,3)31-25(26(29)30)22-20-16-10-11-17-21(20)23(18-12-6-4-7-13-18)28-24(22)19-14-8-5-9-15-19/h4-17,25H,1-3H3,(H,29,30). The molecule has 0 spiro atoms. The Hall–Kier alpha value is -3.50. The van der Waals surface area contributed by atoms with Crippen LogP contribution in [0.3, 0.4) is 0 Å². The minimum Gasteiger partial charge on any atom is -0.479 e. The molecule has 0 aliphatic carbocycles. The van der Waals surface area contributed by atoms with Crippen LogP contribution in [0, 0.1) is 0 Å². The van der Waals surface area contributed by atoms with E-state index in [9.17, 15) is 9.90 Å². The molecule has 1 atom stereocenters. The first-order chi connectivity index (χ1) is 14.8. The van der Waals surface area contributed by atoms with E-state index in [-0.39, 0.29) is 0 Å². The number of rotatable bonds is 5. The molecule has 0 amide bonds. The lowest BCUT2D eigenvalue weighted by molar-refractivity contribution is -0.160. The molecule has 156 valence electrons. The molecule has 1 unspecified atom stereocenters. The Bertz CT molecular complexity index is 1210. The maximum atomic E-state index is 12.4. The number of ether oxygens (including phenoxy) is 1. The first kappa shape index (κ1) is 20.8. The van der Waals surface area contributed by atoms with Crippen molar-refractivity contribution in [2.75, 3.05) is 0 Å². The molecule has 4 heteroatoms. The van der Waals surface area contributed by atoms with Crippen LogP contribution in [-0.4, -0.2) is 21.7 Å². The third kappa shape index (κ3) is 4.35. The molecular formula is C27H25NO3. The van der Waals surface area contributed by atoms with Crippen LogP contribution >= 0.6 is 0 Å². The average molecular weight is 412 g/mol. The third-order valence-corrected chi connectivity index (χ3v) is 5.00. The molecule has 0 saturated heterocycles. The fraction of sp³-hybridized carbons (Fsp3) is 0.185. The zero-order valence-electron chi connectivity index (χ0n) is 17.9. The summed E-state index contributed by atoms with van der Waals surface area (Å²) in [5, 5.41) is 11.9. The van der Waals surface area contributed by atoms with Crippen LogP contribution in [0.1, 0.15) is 32.4 Å². The number of aliphatic carboxylic acids is 1. The molecule has 0 bridgehead atoms. The highest BCUT2D eigenvalue weighted by Gasteiger charge is 2.32. The summed E-state index contributed by atoms with van der Waals surface area (Å²) in [6.07, 6.45) is -1.16. The second-order valence-electron chi connectivity index (χ2n) is 8.45. The highest BCUT2D eigenvalue weighted by Crippen LogP contribution is 2.40. The molecule has 0 saturated carbocycles. The Morgan fingerprint density at radius 2 is 1.26 bits per heavy atom. The predicted molar refractivity (Wildman–Crippen MR) is 124 cm³/mol. The van der Waals surface area contributed by atoms with Crippen molar-refractivity contribution in [2.45, 2.75) is 32.5 Å². The van der Waals surface area contributed by atoms with Crippen molar-refractivity contribution in [1.82, 2.24) is 4.98 Å². The number of hydrogen-bond donors (Lipinski definition) is 1. The van der Waals surface area contributed by atoms with E-state index < -0.39 is 17.7 Å². The molecule has 0 radical (unpaired) electrons. The van der Waals surface area contributed by atoms with Gasteiger partial charge in [0.25, 0.3) is 0 Å². The van der Waals surface area contributed by atoms with Crippen LogP contribution in [0.5, 0.6) is 0 Å². The molecule has 3 aromatic carbocycles. The Kier molecular flexibility index (Phi) is 5.57. The summed E-state index contributed by atoms with van der Waals surface area (Å²) in [6.45, 7) is 5.58. The SMILES string of the molecule is CC(C)(C)OC(C(=O)O)c1c(-c2ccccc2)nc(-c2ccccc2)c2ccccc12. The van der Waals surface area contributed by atoms with Gasteiger partial charge in [-0.2, -0.15) is 0 Å². The van der Waals surface area contributed by atoms with Crippen LogP contribution in [0.25, 0.3) is 33.3 Å². The van der Waals surface area contributed by atoms with Gasteiger partial charge in [0.15, 0.2) is 6.10 Å². The van der Waals surface area contributed by atoms with Crippen LogP contribution in [0.15, 0.2) is 84.9 Å². The molecule has 0 aliphatic rings. The number of benzene rings is 3. The lowest BCUT2D eigenvalue weighted by atomic mass is 9.92. The molecular weight excluding hydrogens is 386 g/mol. The number of carbonyl (C=O) groups is 1. The van der Waals surface area contributed by atoms with Crippen molar-refractivity contribution >= 4 is 16.7 Å². The molecule has 4 aromatic rings. The van der Waals surface area contributed by atoms with Gasteiger partial charge in [0.2, 0.25) is 0 Å². The monoisotopic (exact) mass is 411 g/mol. The molecule has 0 aliphatic heterocycles. The van der Waals surface area contributed by atoms with E-state index in [1.165, 1.54) is 0 Å². The lowest BCUT2D eigenvalue weighted by Gasteiger charge is -2.28. The van der Waals surface area contributed by atoms with E-state index in [1.54, 1.807) is 0 Å². The number of carboxylic acids is 1. The second-order valence-corrected chi connectivity index (χ2v) is 8.45. The predicted octanol–water partition coefficient (Wildman–Crippen LogP) is 6.51. The minimum atomic E-state index is -1.16. The minimum absolute atomic E-state index is 0.573. The van der Waals surface area contributed by atoms with Gasteiger partial charge in [-0.15, -0.1) is 0 Å². The Morgan fingerprint density at radius 3 is 1.77 bits per heavy atom. The fourth-order valence-corrected chi connectivity index (χ4v) is 3.77. The van der Waals surface area contributed by atoms with E-state index in [1.807, 2.05) is 106 Å². The van der Waals surface area contributed by atoms with Gasteiger partial charge in [-0.05, 0) is 26.2 Å². The summed E-state index contributed by atoms with van der Waals surface area (Å²) in [4.78, 5) is 17.4. The highest BCUT2D eigenvalue weighted by molar-refractivity contribution is 6.01. The van der Waals surface area contributed by atoms with E-state index >= 15 is 0 Å². The second kappa shape index (κ2) is 8.32. The Labute approximate surface area is 182 Å². The topological polar surface area (TPSA) is 59.4 Å². The number of carboxylic acid groups (broad SMARTS) is 1. The first-order valence-electron chi connectivity index (χ1n) is 10.3. The Balaban J connectivity index is 2.10. The van der Waals surface area contributed by atoms with Gasteiger partial charge >= 0.3 is 5.97 Å².